The summed E-state index contributed by atoms with van der Waals surface area (Å²) < 4.78 is 27.8. The molecule has 1 aliphatic rings. The molecule has 11 heteroatoms. The molecule has 1 saturated heterocycles. The van der Waals surface area contributed by atoms with E-state index >= 15 is 0 Å². The van der Waals surface area contributed by atoms with E-state index in [1.165, 1.54) is 21.5 Å². The van der Waals surface area contributed by atoms with Gasteiger partial charge in [0.1, 0.15) is 5.39 Å². The number of nitrogens with one attached hydrogen (secondary N) is 2. The van der Waals surface area contributed by atoms with Gasteiger partial charge >= 0.3 is 0 Å². The summed E-state index contributed by atoms with van der Waals surface area (Å²) in [5.74, 6) is -0.599. The van der Waals surface area contributed by atoms with Gasteiger partial charge in [0.25, 0.3) is 5.56 Å². The molecule has 2 N–H and O–H groups in total. The van der Waals surface area contributed by atoms with Gasteiger partial charge in [0.05, 0.1) is 35.6 Å². The van der Waals surface area contributed by atoms with Crippen molar-refractivity contribution < 1.29 is 13.2 Å². The van der Waals surface area contributed by atoms with Crippen LogP contribution in [0.1, 0.15) is 26.2 Å². The van der Waals surface area contributed by atoms with Gasteiger partial charge in [-0.15, -0.1) is 0 Å². The Morgan fingerprint density at radius 1 is 1.32 bits per heavy atom. The first-order valence-electron chi connectivity index (χ1n) is 10.2. The van der Waals surface area contributed by atoms with E-state index in [0.717, 1.165) is 0 Å². The molecule has 3 heterocycles. The average molecular weight is 445 g/mol. The van der Waals surface area contributed by atoms with Crippen molar-refractivity contribution >= 4 is 32.7 Å². The van der Waals surface area contributed by atoms with Crippen LogP contribution in [-0.2, 0) is 14.8 Å². The number of hydrogen-bond acceptors (Lipinski definition) is 6. The highest BCUT2D eigenvalue weighted by atomic mass is 32.2. The summed E-state index contributed by atoms with van der Waals surface area (Å²) in [6, 6.07) is 7.08. The summed E-state index contributed by atoms with van der Waals surface area (Å²) in [7, 11) is -3.35. The molecule has 0 radical (unpaired) electrons. The van der Waals surface area contributed by atoms with Gasteiger partial charge in [-0.1, -0.05) is 19.1 Å². The van der Waals surface area contributed by atoms with Gasteiger partial charge in [-0.25, -0.2) is 22.4 Å². The van der Waals surface area contributed by atoms with E-state index in [2.05, 4.69) is 20.4 Å². The number of para-hydroxylation sites is 2. The normalized spacial score (nSPS) is 17.6. The number of hydrogen-bond donors (Lipinski definition) is 2. The molecule has 0 spiro atoms. The van der Waals surface area contributed by atoms with Crippen molar-refractivity contribution in [1.82, 2.24) is 24.1 Å². The Labute approximate surface area is 179 Å². The van der Waals surface area contributed by atoms with Crippen LogP contribution in [0.25, 0.3) is 16.7 Å². The van der Waals surface area contributed by atoms with Crippen LogP contribution in [0, 0.1) is 5.92 Å². The third-order valence-corrected chi connectivity index (χ3v) is 7.41. The monoisotopic (exact) mass is 444 g/mol. The van der Waals surface area contributed by atoms with Crippen LogP contribution in [-0.4, -0.2) is 57.2 Å². The first kappa shape index (κ1) is 21.2. The van der Waals surface area contributed by atoms with Crippen LogP contribution in [0.4, 0.5) is 5.69 Å². The molecule has 0 unspecified atom stereocenters. The molecule has 0 saturated carbocycles. The van der Waals surface area contributed by atoms with E-state index in [9.17, 15) is 18.0 Å². The summed E-state index contributed by atoms with van der Waals surface area (Å²) in [6.07, 6.45) is 4.53. The smallest absolute Gasteiger partial charge is 0.261 e. The maximum absolute atomic E-state index is 13.0. The minimum atomic E-state index is -3.35. The zero-order valence-corrected chi connectivity index (χ0v) is 17.9. The Balaban J connectivity index is 1.59. The van der Waals surface area contributed by atoms with Crippen molar-refractivity contribution in [2.75, 3.05) is 24.2 Å². The van der Waals surface area contributed by atoms with Crippen LogP contribution >= 0.6 is 0 Å². The molecule has 164 valence electrons. The number of amides is 1. The number of aromatic amines is 1. The van der Waals surface area contributed by atoms with Gasteiger partial charge in [-0.2, -0.15) is 5.10 Å². The highest BCUT2D eigenvalue weighted by Crippen LogP contribution is 2.25. The second kappa shape index (κ2) is 8.60. The number of aromatic nitrogens is 4. The molecule has 4 rings (SSSR count). The van der Waals surface area contributed by atoms with E-state index in [1.807, 2.05) is 6.92 Å². The van der Waals surface area contributed by atoms with E-state index in [-0.39, 0.29) is 23.8 Å². The fourth-order valence-electron chi connectivity index (χ4n) is 3.83. The average Bonchev–Trinajstić information content (AvgIpc) is 3.19. The predicted molar refractivity (Wildman–Crippen MR) is 116 cm³/mol. The Bertz CT molecular complexity index is 1270. The predicted octanol–water partition coefficient (Wildman–Crippen LogP) is 1.50. The molecule has 1 atom stereocenters. The van der Waals surface area contributed by atoms with Crippen LogP contribution < -0.4 is 10.9 Å². The second-order valence-corrected chi connectivity index (χ2v) is 9.63. The zero-order valence-electron chi connectivity index (χ0n) is 17.1. The fraction of sp³-hybridized carbons (Fsp3) is 0.400. The lowest BCUT2D eigenvalue weighted by Gasteiger charge is -2.31. The van der Waals surface area contributed by atoms with Crippen LogP contribution in [0.5, 0.6) is 0 Å². The van der Waals surface area contributed by atoms with Crippen molar-refractivity contribution in [3.63, 3.8) is 0 Å². The number of nitrogens with zero attached hydrogens (tertiary/aromatic N) is 4. The van der Waals surface area contributed by atoms with Gasteiger partial charge < -0.3 is 10.3 Å². The number of carbonyl (C=O) groups excluding carboxylic acids is 1. The first-order chi connectivity index (χ1) is 14.9. The van der Waals surface area contributed by atoms with Gasteiger partial charge in [0.2, 0.25) is 15.9 Å². The molecular weight excluding hydrogens is 420 g/mol. The molecule has 0 bridgehead atoms. The van der Waals surface area contributed by atoms with E-state index in [4.69, 9.17) is 0 Å². The lowest BCUT2D eigenvalue weighted by atomic mass is 9.98. The number of H-pyrrole nitrogens is 1. The van der Waals surface area contributed by atoms with Gasteiger partial charge in [-0.05, 0) is 31.4 Å². The number of rotatable bonds is 6. The molecular formula is C20H24N6O4S. The molecule has 1 fully saturated rings. The SMILES string of the molecule is CCCS(=O)(=O)N1CCC[C@H](C(=O)Nc2ccccc2-n2ncc3c(=O)[nH]cnc32)C1. The maximum atomic E-state index is 13.0. The number of fused-ring (bicyclic) bond motifs is 1. The molecule has 31 heavy (non-hydrogen) atoms. The lowest BCUT2D eigenvalue weighted by Crippen LogP contribution is -2.44. The number of carbonyl (C=O) groups is 1. The second-order valence-electron chi connectivity index (χ2n) is 7.54. The third kappa shape index (κ3) is 4.23. The number of anilines is 1. The maximum Gasteiger partial charge on any atom is 0.261 e. The minimum absolute atomic E-state index is 0.0860. The van der Waals surface area contributed by atoms with Crippen molar-refractivity contribution in [2.24, 2.45) is 5.92 Å². The highest BCUT2D eigenvalue weighted by molar-refractivity contribution is 7.89. The quantitative estimate of drug-likeness (QED) is 0.593. The Hall–Kier alpha value is -3.05. The molecule has 1 aliphatic heterocycles. The Morgan fingerprint density at radius 2 is 2.13 bits per heavy atom. The van der Waals surface area contributed by atoms with Crippen molar-refractivity contribution in [3.8, 4) is 5.69 Å². The van der Waals surface area contributed by atoms with Crippen LogP contribution in [0.3, 0.4) is 0 Å². The lowest BCUT2D eigenvalue weighted by molar-refractivity contribution is -0.120. The summed E-state index contributed by atoms with van der Waals surface area (Å²) in [5, 5.41) is 7.52. The first-order valence-corrected chi connectivity index (χ1v) is 11.8. The number of piperidine rings is 1. The van der Waals surface area contributed by atoms with Crippen LogP contribution in [0.15, 0.2) is 41.6 Å². The minimum Gasteiger partial charge on any atom is -0.324 e. The molecule has 1 amide bonds. The van der Waals surface area contributed by atoms with Crippen LogP contribution in [0.2, 0.25) is 0 Å². The third-order valence-electron chi connectivity index (χ3n) is 5.37. The van der Waals surface area contributed by atoms with Crippen molar-refractivity contribution in [2.45, 2.75) is 26.2 Å². The largest absolute Gasteiger partial charge is 0.324 e. The molecule has 3 aromatic rings. The van der Waals surface area contributed by atoms with Crippen molar-refractivity contribution in [3.05, 3.63) is 47.1 Å². The topological polar surface area (TPSA) is 130 Å². The molecule has 2 aromatic heterocycles. The number of benzene rings is 1. The van der Waals surface area contributed by atoms with E-state index in [0.29, 0.717) is 48.2 Å². The number of sulfonamides is 1. The van der Waals surface area contributed by atoms with Crippen molar-refractivity contribution in [1.29, 1.82) is 0 Å². The Morgan fingerprint density at radius 3 is 2.94 bits per heavy atom. The highest BCUT2D eigenvalue weighted by Gasteiger charge is 2.32. The summed E-state index contributed by atoms with van der Waals surface area (Å²) in [6.45, 7) is 2.45. The van der Waals surface area contributed by atoms with E-state index < -0.39 is 15.9 Å². The van der Waals surface area contributed by atoms with Gasteiger partial charge in [0, 0.05) is 13.1 Å². The molecule has 0 aliphatic carbocycles. The summed E-state index contributed by atoms with van der Waals surface area (Å²) >= 11 is 0. The Kier molecular flexibility index (Phi) is 5.88. The summed E-state index contributed by atoms with van der Waals surface area (Å²) in [4.78, 5) is 31.7. The zero-order chi connectivity index (χ0) is 22.0. The van der Waals surface area contributed by atoms with Gasteiger partial charge in [0.15, 0.2) is 5.65 Å². The molecule has 1 aromatic carbocycles. The summed E-state index contributed by atoms with van der Waals surface area (Å²) in [5.41, 5.74) is 1.15. The molecule has 10 nitrogen and oxygen atoms in total. The van der Waals surface area contributed by atoms with E-state index in [1.54, 1.807) is 24.3 Å². The van der Waals surface area contributed by atoms with Gasteiger partial charge in [-0.3, -0.25) is 9.59 Å². The fourth-order valence-corrected chi connectivity index (χ4v) is 5.42. The standard InChI is InChI=1S/C20H24N6O4S/c1-2-10-31(29,30)25-9-5-6-14(12-25)19(27)24-16-7-3-4-8-17(16)26-18-15(11-23-26)20(28)22-13-21-18/h3-4,7-8,11,13-14H,2,5-6,9-10,12H2,1H3,(H,24,27)(H,21,22,28)/t14-/m0/s1.